The highest BCUT2D eigenvalue weighted by atomic mass is 16.6. The van der Waals surface area contributed by atoms with Gasteiger partial charge in [-0.05, 0) is 26.8 Å². The number of aliphatic hydroxyl groups is 1. The van der Waals surface area contributed by atoms with E-state index in [2.05, 4.69) is 10.3 Å². The van der Waals surface area contributed by atoms with Crippen molar-refractivity contribution in [2.24, 2.45) is 0 Å². The van der Waals surface area contributed by atoms with Crippen LogP contribution in [0.25, 0.3) is 0 Å². The van der Waals surface area contributed by atoms with Crippen LogP contribution >= 0.6 is 0 Å². The Bertz CT molecular complexity index is 372. The van der Waals surface area contributed by atoms with Crippen molar-refractivity contribution in [1.29, 1.82) is 0 Å². The van der Waals surface area contributed by atoms with Crippen molar-refractivity contribution in [3.05, 3.63) is 23.9 Å². The SMILES string of the molecule is CC(C)(C)NC(=O)Oc1cccc(CO)n1. The van der Waals surface area contributed by atoms with Gasteiger partial charge in [0.1, 0.15) is 0 Å². The summed E-state index contributed by atoms with van der Waals surface area (Å²) >= 11 is 0. The summed E-state index contributed by atoms with van der Waals surface area (Å²) < 4.78 is 4.96. The van der Waals surface area contributed by atoms with E-state index in [1.165, 1.54) is 0 Å². The van der Waals surface area contributed by atoms with Crippen molar-refractivity contribution in [3.8, 4) is 5.88 Å². The van der Waals surface area contributed by atoms with Crippen LogP contribution in [0.5, 0.6) is 5.88 Å². The molecule has 0 aromatic carbocycles. The molecule has 0 aliphatic rings. The zero-order valence-corrected chi connectivity index (χ0v) is 9.65. The largest absolute Gasteiger partial charge is 0.414 e. The van der Waals surface area contributed by atoms with Crippen LogP contribution in [0.3, 0.4) is 0 Å². The Hall–Kier alpha value is -1.62. The molecule has 1 aromatic heterocycles. The smallest absolute Gasteiger partial charge is 0.391 e. The van der Waals surface area contributed by atoms with Gasteiger partial charge >= 0.3 is 6.09 Å². The third-order valence-corrected chi connectivity index (χ3v) is 1.62. The highest BCUT2D eigenvalue weighted by Gasteiger charge is 2.15. The van der Waals surface area contributed by atoms with E-state index in [1.807, 2.05) is 20.8 Å². The first-order valence-corrected chi connectivity index (χ1v) is 4.97. The molecule has 1 aromatic rings. The van der Waals surface area contributed by atoms with Gasteiger partial charge in [0.2, 0.25) is 5.88 Å². The van der Waals surface area contributed by atoms with Gasteiger partial charge in [0, 0.05) is 11.6 Å². The molecule has 2 N–H and O–H groups in total. The van der Waals surface area contributed by atoms with E-state index in [0.717, 1.165) is 0 Å². The second-order valence-corrected chi connectivity index (χ2v) is 4.39. The number of rotatable bonds is 2. The number of hydrogen-bond acceptors (Lipinski definition) is 4. The third kappa shape index (κ3) is 4.27. The fraction of sp³-hybridized carbons (Fsp3) is 0.455. The summed E-state index contributed by atoms with van der Waals surface area (Å²) in [5.41, 5.74) is 0.104. The lowest BCUT2D eigenvalue weighted by Gasteiger charge is -2.19. The molecule has 0 atom stereocenters. The Morgan fingerprint density at radius 2 is 2.19 bits per heavy atom. The molecule has 0 bridgehead atoms. The standard InChI is InChI=1S/C11H16N2O3/c1-11(2,3)13-10(15)16-9-6-4-5-8(7-14)12-9/h4-6,14H,7H2,1-3H3,(H,13,15). The number of pyridine rings is 1. The first-order valence-electron chi connectivity index (χ1n) is 4.97. The molecule has 1 rings (SSSR count). The molecule has 5 nitrogen and oxygen atoms in total. The van der Waals surface area contributed by atoms with E-state index in [1.54, 1.807) is 18.2 Å². The summed E-state index contributed by atoms with van der Waals surface area (Å²) in [6, 6.07) is 4.87. The van der Waals surface area contributed by atoms with E-state index in [0.29, 0.717) is 5.69 Å². The summed E-state index contributed by atoms with van der Waals surface area (Å²) in [5.74, 6) is 0.174. The molecule has 5 heteroatoms. The molecule has 1 amide bonds. The van der Waals surface area contributed by atoms with Crippen LogP contribution in [-0.4, -0.2) is 21.7 Å². The third-order valence-electron chi connectivity index (χ3n) is 1.62. The average molecular weight is 224 g/mol. The molecule has 0 saturated heterocycles. The van der Waals surface area contributed by atoms with Gasteiger partial charge in [0.25, 0.3) is 0 Å². The monoisotopic (exact) mass is 224 g/mol. The molecule has 0 aliphatic carbocycles. The van der Waals surface area contributed by atoms with Crippen molar-refractivity contribution >= 4 is 6.09 Å². The Balaban J connectivity index is 2.62. The van der Waals surface area contributed by atoms with Crippen LogP contribution in [0.1, 0.15) is 26.5 Å². The molecule has 16 heavy (non-hydrogen) atoms. The number of nitrogens with one attached hydrogen (secondary N) is 1. The number of carbonyl (C=O) groups excluding carboxylic acids is 1. The van der Waals surface area contributed by atoms with E-state index >= 15 is 0 Å². The highest BCUT2D eigenvalue weighted by molar-refractivity contribution is 5.70. The first kappa shape index (κ1) is 12.4. The fourth-order valence-electron chi connectivity index (χ4n) is 1.03. The second kappa shape index (κ2) is 4.94. The van der Waals surface area contributed by atoms with E-state index in [-0.39, 0.29) is 18.0 Å². The molecule has 88 valence electrons. The first-order chi connectivity index (χ1) is 7.40. The molecule has 0 radical (unpaired) electrons. The van der Waals surface area contributed by atoms with Crippen LogP contribution in [0, 0.1) is 0 Å². The maximum absolute atomic E-state index is 11.4. The number of aromatic nitrogens is 1. The number of nitrogens with zero attached hydrogens (tertiary/aromatic N) is 1. The Morgan fingerprint density at radius 3 is 2.75 bits per heavy atom. The molecule has 0 spiro atoms. The topological polar surface area (TPSA) is 71.5 Å². The van der Waals surface area contributed by atoms with Crippen LogP contribution in [-0.2, 0) is 6.61 Å². The van der Waals surface area contributed by atoms with Gasteiger partial charge < -0.3 is 15.2 Å². The molecule has 1 heterocycles. The van der Waals surface area contributed by atoms with Crippen LogP contribution in [0.2, 0.25) is 0 Å². The minimum Gasteiger partial charge on any atom is -0.391 e. The van der Waals surface area contributed by atoms with Crippen LogP contribution in [0.4, 0.5) is 4.79 Å². The molecular formula is C11H16N2O3. The van der Waals surface area contributed by atoms with Crippen molar-refractivity contribution < 1.29 is 14.6 Å². The van der Waals surface area contributed by atoms with Gasteiger partial charge in [-0.2, -0.15) is 0 Å². The van der Waals surface area contributed by atoms with Crippen molar-refractivity contribution in [2.75, 3.05) is 0 Å². The van der Waals surface area contributed by atoms with E-state index in [4.69, 9.17) is 9.84 Å². The Labute approximate surface area is 94.5 Å². The van der Waals surface area contributed by atoms with Crippen molar-refractivity contribution in [3.63, 3.8) is 0 Å². The highest BCUT2D eigenvalue weighted by Crippen LogP contribution is 2.08. The molecule has 0 aliphatic heterocycles. The van der Waals surface area contributed by atoms with Gasteiger partial charge in [-0.15, -0.1) is 0 Å². The zero-order valence-electron chi connectivity index (χ0n) is 9.65. The summed E-state index contributed by atoms with van der Waals surface area (Å²) in [5, 5.41) is 11.5. The minimum absolute atomic E-state index is 0.174. The molecular weight excluding hydrogens is 208 g/mol. The van der Waals surface area contributed by atoms with E-state index in [9.17, 15) is 4.79 Å². The second-order valence-electron chi connectivity index (χ2n) is 4.39. The summed E-state index contributed by atoms with van der Waals surface area (Å²) in [6.45, 7) is 5.38. The number of amides is 1. The van der Waals surface area contributed by atoms with Gasteiger partial charge in [0.15, 0.2) is 0 Å². The predicted octanol–water partition coefficient (Wildman–Crippen LogP) is 1.46. The van der Waals surface area contributed by atoms with Crippen molar-refractivity contribution in [2.45, 2.75) is 32.9 Å². The maximum atomic E-state index is 11.4. The average Bonchev–Trinajstić information content (AvgIpc) is 2.15. The lowest BCUT2D eigenvalue weighted by molar-refractivity contribution is 0.188. The Kier molecular flexibility index (Phi) is 3.84. The normalized spacial score (nSPS) is 11.0. The van der Waals surface area contributed by atoms with E-state index < -0.39 is 6.09 Å². The summed E-state index contributed by atoms with van der Waals surface area (Å²) in [7, 11) is 0. The maximum Gasteiger partial charge on any atom is 0.414 e. The quantitative estimate of drug-likeness (QED) is 0.797. The number of aliphatic hydroxyl groups excluding tert-OH is 1. The number of carbonyl (C=O) groups is 1. The van der Waals surface area contributed by atoms with Gasteiger partial charge in [-0.25, -0.2) is 9.78 Å². The summed E-state index contributed by atoms with van der Waals surface area (Å²) in [4.78, 5) is 15.3. The van der Waals surface area contributed by atoms with Crippen molar-refractivity contribution in [1.82, 2.24) is 10.3 Å². The lowest BCUT2D eigenvalue weighted by Crippen LogP contribution is -2.42. The summed E-state index contributed by atoms with van der Waals surface area (Å²) in [6.07, 6.45) is -0.560. The lowest BCUT2D eigenvalue weighted by atomic mass is 10.1. The van der Waals surface area contributed by atoms with Crippen LogP contribution in [0.15, 0.2) is 18.2 Å². The number of hydrogen-bond donors (Lipinski definition) is 2. The van der Waals surface area contributed by atoms with Gasteiger partial charge in [0.05, 0.1) is 12.3 Å². The number of ether oxygens (including phenoxy) is 1. The predicted molar refractivity (Wildman–Crippen MR) is 59.1 cm³/mol. The molecule has 0 fully saturated rings. The molecule has 0 saturated carbocycles. The van der Waals surface area contributed by atoms with Gasteiger partial charge in [-0.3, -0.25) is 0 Å². The fourth-order valence-corrected chi connectivity index (χ4v) is 1.03. The zero-order chi connectivity index (χ0) is 12.2. The van der Waals surface area contributed by atoms with Crippen LogP contribution < -0.4 is 10.1 Å². The van der Waals surface area contributed by atoms with Gasteiger partial charge in [-0.1, -0.05) is 6.07 Å². The Morgan fingerprint density at radius 1 is 1.50 bits per heavy atom. The minimum atomic E-state index is -0.560. The molecule has 0 unspecified atom stereocenters.